The van der Waals surface area contributed by atoms with E-state index in [1.807, 2.05) is 45.0 Å². The van der Waals surface area contributed by atoms with Crippen molar-refractivity contribution in [3.8, 4) is 0 Å². The van der Waals surface area contributed by atoms with Crippen LogP contribution in [0.3, 0.4) is 0 Å². The van der Waals surface area contributed by atoms with E-state index in [0.717, 1.165) is 11.1 Å². The Balaban J connectivity index is 2.33. The van der Waals surface area contributed by atoms with Crippen LogP contribution < -0.4 is 0 Å². The summed E-state index contributed by atoms with van der Waals surface area (Å²) in [5.41, 5.74) is 1.29. The molecule has 0 spiro atoms. The molecule has 0 amide bonds. The van der Waals surface area contributed by atoms with E-state index < -0.39 is 11.3 Å². The zero-order valence-electron chi connectivity index (χ0n) is 9.91. The van der Waals surface area contributed by atoms with Gasteiger partial charge in [-0.3, -0.25) is 9.59 Å². The summed E-state index contributed by atoms with van der Waals surface area (Å²) in [6.07, 6.45) is 0.575. The molecule has 0 aliphatic heterocycles. The molecule has 2 rings (SSSR count). The summed E-state index contributed by atoms with van der Waals surface area (Å²) in [5.74, 6) is -0.415. The van der Waals surface area contributed by atoms with Gasteiger partial charge in [-0.25, -0.2) is 0 Å². The molecule has 16 heavy (non-hydrogen) atoms. The minimum atomic E-state index is -0.461. The first-order valence-corrected chi connectivity index (χ1v) is 5.57. The van der Waals surface area contributed by atoms with Crippen LogP contribution in [0.4, 0.5) is 0 Å². The number of fused-ring (bicyclic) bond motifs is 1. The van der Waals surface area contributed by atoms with E-state index >= 15 is 0 Å². The summed E-state index contributed by atoms with van der Waals surface area (Å²) in [5, 5.41) is 0. The molecule has 0 heterocycles. The fourth-order valence-electron chi connectivity index (χ4n) is 2.17. The Morgan fingerprint density at radius 2 is 1.88 bits per heavy atom. The van der Waals surface area contributed by atoms with Gasteiger partial charge >= 0.3 is 0 Å². The maximum Gasteiger partial charge on any atom is 0.173 e. The SMILES string of the molecule is CC(C)(C)C(=O)C1Cc2ccccc2C1=O. The molecule has 0 N–H and O–H groups in total. The fourth-order valence-corrected chi connectivity index (χ4v) is 2.17. The van der Waals surface area contributed by atoms with Crippen molar-refractivity contribution in [1.29, 1.82) is 0 Å². The van der Waals surface area contributed by atoms with E-state index in [-0.39, 0.29) is 11.6 Å². The Bertz CT molecular complexity index is 452. The van der Waals surface area contributed by atoms with Crippen LogP contribution in [0.1, 0.15) is 36.7 Å². The highest BCUT2D eigenvalue weighted by molar-refractivity contribution is 6.15. The highest BCUT2D eigenvalue weighted by Crippen LogP contribution is 2.32. The largest absolute Gasteiger partial charge is 0.298 e. The lowest BCUT2D eigenvalue weighted by atomic mass is 9.81. The molecule has 0 fully saturated rings. The highest BCUT2D eigenvalue weighted by Gasteiger charge is 2.39. The molecule has 0 bridgehead atoms. The van der Waals surface area contributed by atoms with Crippen LogP contribution in [0.5, 0.6) is 0 Å². The van der Waals surface area contributed by atoms with Crippen LogP contribution in [0.25, 0.3) is 0 Å². The van der Waals surface area contributed by atoms with Gasteiger partial charge in [0.15, 0.2) is 5.78 Å². The van der Waals surface area contributed by atoms with Crippen molar-refractivity contribution in [3.63, 3.8) is 0 Å². The Morgan fingerprint density at radius 3 is 2.44 bits per heavy atom. The molecule has 1 aromatic carbocycles. The number of carbonyl (C=O) groups excluding carboxylic acids is 2. The average Bonchev–Trinajstić information content (AvgIpc) is 2.54. The lowest BCUT2D eigenvalue weighted by Crippen LogP contribution is -2.31. The second-order valence-corrected chi connectivity index (χ2v) is 5.39. The molecule has 84 valence electrons. The predicted molar refractivity (Wildman–Crippen MR) is 62.4 cm³/mol. The molecule has 2 nitrogen and oxygen atoms in total. The van der Waals surface area contributed by atoms with Crippen molar-refractivity contribution in [3.05, 3.63) is 35.4 Å². The van der Waals surface area contributed by atoms with Crippen LogP contribution in [-0.4, -0.2) is 11.6 Å². The predicted octanol–water partition coefficient (Wildman–Crippen LogP) is 2.66. The Labute approximate surface area is 95.7 Å². The first-order chi connectivity index (χ1) is 7.41. The van der Waals surface area contributed by atoms with Crippen molar-refractivity contribution in [2.75, 3.05) is 0 Å². The van der Waals surface area contributed by atoms with Gasteiger partial charge < -0.3 is 0 Å². The van der Waals surface area contributed by atoms with Crippen LogP contribution in [-0.2, 0) is 11.2 Å². The molecule has 1 aromatic rings. The molecule has 1 atom stereocenters. The smallest absolute Gasteiger partial charge is 0.173 e. The van der Waals surface area contributed by atoms with Gasteiger partial charge in [0.05, 0.1) is 5.92 Å². The standard InChI is InChI=1S/C14H16O2/c1-14(2,3)13(16)11-8-9-6-4-5-7-10(9)12(11)15/h4-7,11H,8H2,1-3H3. The number of Topliss-reactive ketones (excluding diaryl/α,β-unsaturated/α-hetero) is 2. The molecule has 1 unspecified atom stereocenters. The van der Waals surface area contributed by atoms with E-state index in [1.54, 1.807) is 0 Å². The van der Waals surface area contributed by atoms with Crippen LogP contribution in [0.2, 0.25) is 0 Å². The third-order valence-corrected chi connectivity index (χ3v) is 3.08. The summed E-state index contributed by atoms with van der Waals surface area (Å²) in [6.45, 7) is 5.60. The van der Waals surface area contributed by atoms with Gasteiger partial charge in [-0.1, -0.05) is 45.0 Å². The number of carbonyl (C=O) groups is 2. The Hall–Kier alpha value is -1.44. The molecule has 1 aliphatic carbocycles. The molecule has 0 saturated heterocycles. The lowest BCUT2D eigenvalue weighted by molar-refractivity contribution is -0.128. The molecule has 0 saturated carbocycles. The summed E-state index contributed by atoms with van der Waals surface area (Å²) < 4.78 is 0. The summed E-state index contributed by atoms with van der Waals surface area (Å²) in [4.78, 5) is 24.2. The van der Waals surface area contributed by atoms with E-state index in [1.165, 1.54) is 0 Å². The highest BCUT2D eigenvalue weighted by atomic mass is 16.2. The average molecular weight is 216 g/mol. The van der Waals surface area contributed by atoms with Gasteiger partial charge in [0.2, 0.25) is 0 Å². The summed E-state index contributed by atoms with van der Waals surface area (Å²) >= 11 is 0. The molecule has 2 heteroatoms. The number of hydrogen-bond acceptors (Lipinski definition) is 2. The third-order valence-electron chi connectivity index (χ3n) is 3.08. The van der Waals surface area contributed by atoms with Gasteiger partial charge in [-0.05, 0) is 12.0 Å². The number of hydrogen-bond donors (Lipinski definition) is 0. The molecular weight excluding hydrogens is 200 g/mol. The van der Waals surface area contributed by atoms with Gasteiger partial charge in [0.25, 0.3) is 0 Å². The van der Waals surface area contributed by atoms with Crippen molar-refractivity contribution in [2.45, 2.75) is 27.2 Å². The van der Waals surface area contributed by atoms with Crippen molar-refractivity contribution < 1.29 is 9.59 Å². The second kappa shape index (κ2) is 3.55. The zero-order valence-corrected chi connectivity index (χ0v) is 9.91. The van der Waals surface area contributed by atoms with E-state index in [0.29, 0.717) is 6.42 Å². The van der Waals surface area contributed by atoms with Gasteiger partial charge in [-0.2, -0.15) is 0 Å². The monoisotopic (exact) mass is 216 g/mol. The lowest BCUT2D eigenvalue weighted by Gasteiger charge is -2.20. The van der Waals surface area contributed by atoms with Crippen LogP contribution in [0, 0.1) is 11.3 Å². The molecule has 0 aromatic heterocycles. The maximum absolute atomic E-state index is 12.1. The van der Waals surface area contributed by atoms with Gasteiger partial charge in [0.1, 0.15) is 5.78 Å². The Kier molecular flexibility index (Phi) is 2.45. The summed E-state index contributed by atoms with van der Waals surface area (Å²) in [6, 6.07) is 7.51. The van der Waals surface area contributed by atoms with E-state index in [9.17, 15) is 9.59 Å². The topological polar surface area (TPSA) is 34.1 Å². The zero-order chi connectivity index (χ0) is 11.9. The van der Waals surface area contributed by atoms with Crippen LogP contribution in [0.15, 0.2) is 24.3 Å². The minimum Gasteiger partial charge on any atom is -0.298 e. The van der Waals surface area contributed by atoms with Crippen molar-refractivity contribution in [2.24, 2.45) is 11.3 Å². The number of rotatable bonds is 1. The number of benzene rings is 1. The third kappa shape index (κ3) is 1.69. The molecule has 0 radical (unpaired) electrons. The maximum atomic E-state index is 12.1. The van der Waals surface area contributed by atoms with Crippen molar-refractivity contribution >= 4 is 11.6 Å². The first-order valence-electron chi connectivity index (χ1n) is 5.57. The van der Waals surface area contributed by atoms with Crippen molar-refractivity contribution in [1.82, 2.24) is 0 Å². The first kappa shape index (κ1) is 11.1. The molecular formula is C14H16O2. The molecule has 1 aliphatic rings. The van der Waals surface area contributed by atoms with E-state index in [4.69, 9.17) is 0 Å². The van der Waals surface area contributed by atoms with Gasteiger partial charge in [0, 0.05) is 11.0 Å². The van der Waals surface area contributed by atoms with E-state index in [2.05, 4.69) is 0 Å². The van der Waals surface area contributed by atoms with Crippen LogP contribution >= 0.6 is 0 Å². The minimum absolute atomic E-state index is 0.00414. The summed E-state index contributed by atoms with van der Waals surface area (Å²) in [7, 11) is 0. The number of ketones is 2. The fraction of sp³-hybridized carbons (Fsp3) is 0.429. The normalized spacial score (nSPS) is 19.7. The van der Waals surface area contributed by atoms with Gasteiger partial charge in [-0.15, -0.1) is 0 Å². The second-order valence-electron chi connectivity index (χ2n) is 5.39. The Morgan fingerprint density at radius 1 is 1.25 bits per heavy atom. The quantitative estimate of drug-likeness (QED) is 0.676.